The molecule has 0 aliphatic rings. The molecule has 0 bridgehead atoms. The molecule has 0 aliphatic carbocycles. The van der Waals surface area contributed by atoms with Crippen molar-refractivity contribution in [1.82, 2.24) is 9.38 Å². The average molecular weight is 309 g/mol. The lowest BCUT2D eigenvalue weighted by atomic mass is 10.2. The number of benzene rings is 1. The topological polar surface area (TPSA) is 83.7 Å². The molecule has 6 heteroatoms. The number of hydrogen-bond donors (Lipinski definition) is 2. The van der Waals surface area contributed by atoms with Crippen molar-refractivity contribution in [3.8, 4) is 0 Å². The first-order chi connectivity index (χ1) is 11.0. The molecule has 116 valence electrons. The number of nitrogens with zero attached hydrogens (tertiary/aromatic N) is 2. The Kier molecular flexibility index (Phi) is 3.57. The Labute approximate surface area is 132 Å². The van der Waals surface area contributed by atoms with Gasteiger partial charge >= 0.3 is 5.97 Å². The van der Waals surface area contributed by atoms with Crippen LogP contribution in [0.5, 0.6) is 0 Å². The lowest BCUT2D eigenvalue weighted by Crippen LogP contribution is -2.15. The van der Waals surface area contributed by atoms with E-state index in [2.05, 4.69) is 10.3 Å². The van der Waals surface area contributed by atoms with Crippen LogP contribution in [-0.2, 0) is 0 Å². The second kappa shape index (κ2) is 5.57. The van der Waals surface area contributed by atoms with E-state index >= 15 is 0 Å². The van der Waals surface area contributed by atoms with Gasteiger partial charge in [0.05, 0.1) is 11.3 Å². The fourth-order valence-electron chi connectivity index (χ4n) is 2.42. The number of carboxylic acid groups (broad SMARTS) is 1. The monoisotopic (exact) mass is 309 g/mol. The number of fused-ring (bicyclic) bond motifs is 1. The molecule has 3 rings (SSSR count). The van der Waals surface area contributed by atoms with Crippen LogP contribution in [0, 0.1) is 13.8 Å². The zero-order valence-corrected chi connectivity index (χ0v) is 12.7. The number of hydrogen-bond acceptors (Lipinski definition) is 3. The summed E-state index contributed by atoms with van der Waals surface area (Å²) in [6.07, 6.45) is 1.81. The highest BCUT2D eigenvalue weighted by atomic mass is 16.4. The highest BCUT2D eigenvalue weighted by molar-refractivity contribution is 6.04. The molecule has 3 aromatic rings. The number of anilines is 1. The summed E-state index contributed by atoms with van der Waals surface area (Å²) < 4.78 is 1.74. The quantitative estimate of drug-likeness (QED) is 0.779. The number of carbonyl (C=O) groups is 2. The molecule has 1 amide bonds. The van der Waals surface area contributed by atoms with E-state index in [0.717, 1.165) is 5.56 Å². The first-order valence-electron chi connectivity index (χ1n) is 7.06. The molecule has 2 N–H and O–H groups in total. The zero-order chi connectivity index (χ0) is 16.6. The Morgan fingerprint density at radius 3 is 2.48 bits per heavy atom. The van der Waals surface area contributed by atoms with Gasteiger partial charge < -0.3 is 10.4 Å². The summed E-state index contributed by atoms with van der Waals surface area (Å²) in [4.78, 5) is 27.8. The molecule has 2 heterocycles. The van der Waals surface area contributed by atoms with E-state index < -0.39 is 5.97 Å². The van der Waals surface area contributed by atoms with Gasteiger partial charge in [0.1, 0.15) is 11.3 Å². The van der Waals surface area contributed by atoms with Crippen LogP contribution in [0.25, 0.3) is 5.65 Å². The number of rotatable bonds is 3. The fourth-order valence-corrected chi connectivity index (χ4v) is 2.42. The largest absolute Gasteiger partial charge is 0.478 e. The lowest BCUT2D eigenvalue weighted by Gasteiger charge is -2.06. The summed E-state index contributed by atoms with van der Waals surface area (Å²) in [5, 5.41) is 11.7. The standard InChI is InChI=1S/C17H15N3O3/c1-10-7-8-20-14(9-10)18-11(2)15(20)16(21)19-13-5-3-12(4-6-13)17(22)23/h3-9H,1-2H3,(H,19,21)(H,22,23). The molecule has 0 saturated carbocycles. The molecular formula is C17H15N3O3. The molecule has 0 saturated heterocycles. The summed E-state index contributed by atoms with van der Waals surface area (Å²) in [5.41, 5.74) is 3.58. The number of nitrogens with one attached hydrogen (secondary N) is 1. The summed E-state index contributed by atoms with van der Waals surface area (Å²) in [6.45, 7) is 3.75. The minimum absolute atomic E-state index is 0.171. The van der Waals surface area contributed by atoms with Crippen molar-refractivity contribution in [3.05, 3.63) is 65.1 Å². The van der Waals surface area contributed by atoms with Crippen LogP contribution in [0.2, 0.25) is 0 Å². The lowest BCUT2D eigenvalue weighted by molar-refractivity contribution is 0.0696. The van der Waals surface area contributed by atoms with Crippen molar-refractivity contribution in [3.63, 3.8) is 0 Å². The Morgan fingerprint density at radius 1 is 1.13 bits per heavy atom. The van der Waals surface area contributed by atoms with Gasteiger partial charge in [0.15, 0.2) is 0 Å². The van der Waals surface area contributed by atoms with E-state index in [1.165, 1.54) is 12.1 Å². The molecule has 23 heavy (non-hydrogen) atoms. The summed E-state index contributed by atoms with van der Waals surface area (Å²) >= 11 is 0. The van der Waals surface area contributed by atoms with Crippen molar-refractivity contribution in [2.24, 2.45) is 0 Å². The van der Waals surface area contributed by atoms with Crippen molar-refractivity contribution < 1.29 is 14.7 Å². The van der Waals surface area contributed by atoms with E-state index in [-0.39, 0.29) is 11.5 Å². The van der Waals surface area contributed by atoms with Crippen LogP contribution in [0.1, 0.15) is 32.1 Å². The maximum atomic E-state index is 12.5. The Bertz CT molecular complexity index is 911. The normalized spacial score (nSPS) is 10.7. The smallest absolute Gasteiger partial charge is 0.335 e. The first kappa shape index (κ1) is 14.8. The molecule has 0 spiro atoms. The van der Waals surface area contributed by atoms with Gasteiger partial charge in [-0.1, -0.05) is 0 Å². The van der Waals surface area contributed by atoms with Gasteiger partial charge in [-0.25, -0.2) is 9.78 Å². The number of aryl methyl sites for hydroxylation is 2. The van der Waals surface area contributed by atoms with Gasteiger partial charge in [-0.3, -0.25) is 9.20 Å². The highest BCUT2D eigenvalue weighted by Gasteiger charge is 2.16. The molecule has 1 aromatic carbocycles. The second-order valence-corrected chi connectivity index (χ2v) is 5.31. The molecule has 6 nitrogen and oxygen atoms in total. The molecule has 0 fully saturated rings. The van der Waals surface area contributed by atoms with Gasteiger partial charge in [0, 0.05) is 11.9 Å². The van der Waals surface area contributed by atoms with E-state index in [1.807, 2.05) is 25.3 Å². The van der Waals surface area contributed by atoms with Crippen LogP contribution < -0.4 is 5.32 Å². The van der Waals surface area contributed by atoms with Crippen molar-refractivity contribution in [2.45, 2.75) is 13.8 Å². The predicted molar refractivity (Wildman–Crippen MR) is 86.0 cm³/mol. The van der Waals surface area contributed by atoms with Crippen molar-refractivity contribution in [1.29, 1.82) is 0 Å². The van der Waals surface area contributed by atoms with Gasteiger partial charge in [0.2, 0.25) is 0 Å². The van der Waals surface area contributed by atoms with Crippen LogP contribution in [0.4, 0.5) is 5.69 Å². The van der Waals surface area contributed by atoms with E-state index in [1.54, 1.807) is 23.5 Å². The van der Waals surface area contributed by atoms with Gasteiger partial charge in [-0.15, -0.1) is 0 Å². The van der Waals surface area contributed by atoms with Gasteiger partial charge in [0.25, 0.3) is 5.91 Å². The molecule has 2 aromatic heterocycles. The second-order valence-electron chi connectivity index (χ2n) is 5.31. The molecule has 0 unspecified atom stereocenters. The minimum atomic E-state index is -1.00. The SMILES string of the molecule is Cc1ccn2c(C(=O)Nc3ccc(C(=O)O)cc3)c(C)nc2c1. The maximum Gasteiger partial charge on any atom is 0.335 e. The van der Waals surface area contributed by atoms with Gasteiger partial charge in [-0.2, -0.15) is 0 Å². The van der Waals surface area contributed by atoms with Crippen LogP contribution in [0.3, 0.4) is 0 Å². The fraction of sp³-hybridized carbons (Fsp3) is 0.118. The molecule has 0 radical (unpaired) electrons. The summed E-state index contributed by atoms with van der Waals surface area (Å²) in [5.74, 6) is -1.29. The van der Waals surface area contributed by atoms with Crippen molar-refractivity contribution in [2.75, 3.05) is 5.32 Å². The Morgan fingerprint density at radius 2 is 1.83 bits per heavy atom. The van der Waals surface area contributed by atoms with Crippen LogP contribution in [0.15, 0.2) is 42.6 Å². The molecule has 0 atom stereocenters. The number of carboxylic acids is 1. The Hall–Kier alpha value is -3.15. The first-order valence-corrected chi connectivity index (χ1v) is 7.06. The minimum Gasteiger partial charge on any atom is -0.478 e. The van der Waals surface area contributed by atoms with E-state index in [0.29, 0.717) is 22.7 Å². The number of pyridine rings is 1. The Balaban J connectivity index is 1.91. The summed E-state index contributed by atoms with van der Waals surface area (Å²) in [6, 6.07) is 9.83. The maximum absolute atomic E-state index is 12.5. The number of imidazole rings is 1. The van der Waals surface area contributed by atoms with E-state index in [9.17, 15) is 9.59 Å². The molecular weight excluding hydrogens is 294 g/mol. The predicted octanol–water partition coefficient (Wildman–Crippen LogP) is 2.90. The number of aromatic nitrogens is 2. The number of aromatic carboxylic acids is 1. The average Bonchev–Trinajstić information content (AvgIpc) is 2.82. The third-order valence-corrected chi connectivity index (χ3v) is 3.56. The third kappa shape index (κ3) is 2.78. The van der Waals surface area contributed by atoms with Gasteiger partial charge in [-0.05, 0) is 55.8 Å². The van der Waals surface area contributed by atoms with E-state index in [4.69, 9.17) is 5.11 Å². The van der Waals surface area contributed by atoms with Crippen molar-refractivity contribution >= 4 is 23.2 Å². The molecule has 0 aliphatic heterocycles. The van der Waals surface area contributed by atoms with Crippen LogP contribution in [-0.4, -0.2) is 26.4 Å². The summed E-state index contributed by atoms with van der Waals surface area (Å²) in [7, 11) is 0. The number of carbonyl (C=O) groups excluding carboxylic acids is 1. The zero-order valence-electron chi connectivity index (χ0n) is 12.7. The third-order valence-electron chi connectivity index (χ3n) is 3.56. The number of amides is 1. The highest BCUT2D eigenvalue weighted by Crippen LogP contribution is 2.16. The van der Waals surface area contributed by atoms with Crippen LogP contribution >= 0.6 is 0 Å².